The zero-order chi connectivity index (χ0) is 19.2. The van der Waals surface area contributed by atoms with E-state index in [1.165, 1.54) is 53.6 Å². The number of hydrogen-bond donors (Lipinski definition) is 0. The quantitative estimate of drug-likeness (QED) is 0.685. The Morgan fingerprint density at radius 2 is 1.14 bits per heavy atom. The van der Waals surface area contributed by atoms with Gasteiger partial charge in [-0.05, 0) is 79.3 Å². The molecular weight excluding hydrogens is 376 g/mol. The van der Waals surface area contributed by atoms with E-state index in [-0.39, 0.29) is 11.2 Å². The molecule has 2 nitrogen and oxygen atoms in total. The van der Waals surface area contributed by atoms with Crippen molar-refractivity contribution in [3.8, 4) is 0 Å². The summed E-state index contributed by atoms with van der Waals surface area (Å²) < 4.78 is 13.5. The first-order valence-corrected chi connectivity index (χ1v) is 12.4. The minimum atomic E-state index is 0.0427. The number of aryl methyl sites for hydroxylation is 2. The van der Waals surface area contributed by atoms with E-state index in [1.807, 2.05) is 0 Å². The maximum Gasteiger partial charge on any atom is 0.269 e. The minimum Gasteiger partial charge on any atom is -0.406 e. The third-order valence-electron chi connectivity index (χ3n) is 7.00. The lowest BCUT2D eigenvalue weighted by atomic mass is 9.52. The molecule has 0 heterocycles. The molecule has 4 bridgehead atoms. The fourth-order valence-corrected chi connectivity index (χ4v) is 7.98. The number of rotatable bonds is 6. The van der Waals surface area contributed by atoms with E-state index >= 15 is 0 Å². The van der Waals surface area contributed by atoms with Crippen LogP contribution in [0.2, 0.25) is 0 Å². The van der Waals surface area contributed by atoms with Gasteiger partial charge in [0, 0.05) is 6.42 Å². The van der Waals surface area contributed by atoms with Gasteiger partial charge in [0.25, 0.3) is 19.5 Å². The molecule has 0 amide bonds. The number of benzene rings is 2. The van der Waals surface area contributed by atoms with Crippen LogP contribution in [0, 0.1) is 25.7 Å². The van der Waals surface area contributed by atoms with Crippen molar-refractivity contribution >= 4 is 29.9 Å². The molecular formula is C24H28O2Si2. The second kappa shape index (κ2) is 7.24. The lowest BCUT2D eigenvalue weighted by molar-refractivity contribution is -0.176. The van der Waals surface area contributed by atoms with E-state index in [2.05, 4.69) is 62.4 Å². The van der Waals surface area contributed by atoms with Gasteiger partial charge in [-0.25, -0.2) is 0 Å². The molecule has 0 unspecified atom stereocenters. The molecule has 6 rings (SSSR count). The molecule has 28 heavy (non-hydrogen) atoms. The Labute approximate surface area is 173 Å². The van der Waals surface area contributed by atoms with Crippen LogP contribution in [0.1, 0.15) is 49.7 Å². The Kier molecular flexibility index (Phi) is 4.86. The molecule has 0 aliphatic heterocycles. The molecule has 4 saturated carbocycles. The van der Waals surface area contributed by atoms with Gasteiger partial charge in [0.2, 0.25) is 0 Å². The monoisotopic (exact) mass is 404 g/mol. The summed E-state index contributed by atoms with van der Waals surface area (Å²) in [7, 11) is 0.904. The van der Waals surface area contributed by atoms with Crippen LogP contribution in [0.5, 0.6) is 0 Å². The maximum atomic E-state index is 6.76. The molecule has 4 aliphatic carbocycles. The molecule has 0 N–H and O–H groups in total. The van der Waals surface area contributed by atoms with Gasteiger partial charge in [0.1, 0.15) is 0 Å². The summed E-state index contributed by atoms with van der Waals surface area (Å²) in [5.74, 6) is 1.56. The predicted molar refractivity (Wildman–Crippen MR) is 115 cm³/mol. The van der Waals surface area contributed by atoms with Crippen molar-refractivity contribution < 1.29 is 8.85 Å². The molecule has 0 saturated heterocycles. The van der Waals surface area contributed by atoms with E-state index in [1.54, 1.807) is 0 Å². The SMILES string of the molecule is Cc1ccccc1[Si]OC12CC3CC(C1)CC(O[Si]c1ccccc1C)(C3)C2. The van der Waals surface area contributed by atoms with E-state index in [0.29, 0.717) is 19.5 Å². The zero-order valence-electron chi connectivity index (χ0n) is 16.8. The molecule has 4 heteroatoms. The van der Waals surface area contributed by atoms with E-state index in [4.69, 9.17) is 8.85 Å². The highest BCUT2D eigenvalue weighted by Gasteiger charge is 2.58. The first kappa shape index (κ1) is 18.8. The minimum absolute atomic E-state index is 0.0427. The van der Waals surface area contributed by atoms with E-state index < -0.39 is 0 Å². The molecule has 2 aromatic rings. The highest BCUT2D eigenvalue weighted by Crippen LogP contribution is 2.59. The number of hydrogen-bond acceptors (Lipinski definition) is 2. The van der Waals surface area contributed by atoms with Crippen LogP contribution in [0.3, 0.4) is 0 Å². The van der Waals surface area contributed by atoms with Crippen LogP contribution < -0.4 is 10.4 Å². The van der Waals surface area contributed by atoms with Gasteiger partial charge in [0.15, 0.2) is 0 Å². The first-order chi connectivity index (χ1) is 13.5. The van der Waals surface area contributed by atoms with Crippen molar-refractivity contribution in [3.05, 3.63) is 59.7 Å². The van der Waals surface area contributed by atoms with Gasteiger partial charge in [-0.3, -0.25) is 0 Å². The average Bonchev–Trinajstić information content (AvgIpc) is 2.66. The van der Waals surface area contributed by atoms with Crippen LogP contribution in [-0.4, -0.2) is 30.7 Å². The van der Waals surface area contributed by atoms with E-state index in [0.717, 1.165) is 18.3 Å². The largest absolute Gasteiger partial charge is 0.406 e. The molecule has 2 aromatic carbocycles. The molecule has 0 spiro atoms. The molecule has 4 fully saturated rings. The standard InChI is InChI=1S/C24H28O2Si2/c1-17-7-3-5-9-21(17)27-25-23-12-19-11-20(13-23)15-24(14-19,16-23)26-28-22-10-6-4-8-18(22)2/h3-10,19-20H,11-16H2,1-2H3. The molecule has 0 atom stereocenters. The molecule has 0 aromatic heterocycles. The third kappa shape index (κ3) is 3.56. The van der Waals surface area contributed by atoms with Gasteiger partial charge in [-0.2, -0.15) is 0 Å². The lowest BCUT2D eigenvalue weighted by Crippen LogP contribution is -2.62. The van der Waals surface area contributed by atoms with Crippen molar-refractivity contribution in [2.24, 2.45) is 11.8 Å². The van der Waals surface area contributed by atoms with Gasteiger partial charge >= 0.3 is 0 Å². The Balaban J connectivity index is 1.32. The summed E-state index contributed by atoms with van der Waals surface area (Å²) in [5, 5.41) is 2.71. The maximum absolute atomic E-state index is 6.76. The second-order valence-corrected chi connectivity index (χ2v) is 11.3. The Morgan fingerprint density at radius 1 is 0.714 bits per heavy atom. The van der Waals surface area contributed by atoms with Crippen molar-refractivity contribution in [3.63, 3.8) is 0 Å². The van der Waals surface area contributed by atoms with Crippen LogP contribution in [0.15, 0.2) is 48.5 Å². The van der Waals surface area contributed by atoms with Crippen molar-refractivity contribution in [2.75, 3.05) is 0 Å². The predicted octanol–water partition coefficient (Wildman–Crippen LogP) is 3.62. The van der Waals surface area contributed by atoms with Crippen LogP contribution in [0.4, 0.5) is 0 Å². The summed E-state index contributed by atoms with van der Waals surface area (Å²) in [6, 6.07) is 17.3. The summed E-state index contributed by atoms with van der Waals surface area (Å²) in [5.41, 5.74) is 2.78. The highest BCUT2D eigenvalue weighted by atomic mass is 28.2. The summed E-state index contributed by atoms with van der Waals surface area (Å²) in [6.07, 6.45) is 7.42. The van der Waals surface area contributed by atoms with Gasteiger partial charge in [-0.15, -0.1) is 0 Å². The van der Waals surface area contributed by atoms with Gasteiger partial charge in [-0.1, -0.05) is 48.5 Å². The Morgan fingerprint density at radius 3 is 1.57 bits per heavy atom. The van der Waals surface area contributed by atoms with Gasteiger partial charge < -0.3 is 8.85 Å². The fourth-order valence-electron chi connectivity index (χ4n) is 6.04. The second-order valence-electron chi connectivity index (χ2n) is 9.37. The summed E-state index contributed by atoms with van der Waals surface area (Å²) in [6.45, 7) is 4.39. The molecule has 144 valence electrons. The fraction of sp³-hybridized carbons (Fsp3) is 0.500. The summed E-state index contributed by atoms with van der Waals surface area (Å²) >= 11 is 0. The molecule has 4 aliphatic rings. The zero-order valence-corrected chi connectivity index (χ0v) is 18.8. The first-order valence-electron chi connectivity index (χ1n) is 10.5. The van der Waals surface area contributed by atoms with Crippen molar-refractivity contribution in [2.45, 2.75) is 63.6 Å². The van der Waals surface area contributed by atoms with Crippen LogP contribution >= 0.6 is 0 Å². The van der Waals surface area contributed by atoms with Gasteiger partial charge in [0.05, 0.1) is 11.2 Å². The Hall–Kier alpha value is -1.21. The normalized spacial score (nSPS) is 33.4. The van der Waals surface area contributed by atoms with Crippen LogP contribution in [-0.2, 0) is 8.85 Å². The smallest absolute Gasteiger partial charge is 0.269 e. The van der Waals surface area contributed by atoms with E-state index in [9.17, 15) is 0 Å². The topological polar surface area (TPSA) is 18.5 Å². The van der Waals surface area contributed by atoms with Crippen molar-refractivity contribution in [1.29, 1.82) is 0 Å². The van der Waals surface area contributed by atoms with Crippen molar-refractivity contribution in [1.82, 2.24) is 0 Å². The highest BCUT2D eigenvalue weighted by molar-refractivity contribution is 6.48. The van der Waals surface area contributed by atoms with Crippen LogP contribution in [0.25, 0.3) is 0 Å². The lowest BCUT2D eigenvalue weighted by Gasteiger charge is -2.61. The Bertz CT molecular complexity index is 784. The molecule has 4 radical (unpaired) electrons. The average molecular weight is 405 g/mol. The summed E-state index contributed by atoms with van der Waals surface area (Å²) in [4.78, 5) is 0. The third-order valence-corrected chi connectivity index (χ3v) is 9.63.